The Balaban J connectivity index is 2.81. The fourth-order valence-corrected chi connectivity index (χ4v) is 2.52. The summed E-state index contributed by atoms with van der Waals surface area (Å²) in [4.78, 5) is 12.2. The van der Waals surface area contributed by atoms with E-state index >= 15 is 0 Å². The second kappa shape index (κ2) is 5.39. The lowest BCUT2D eigenvalue weighted by molar-refractivity contribution is -0.119. The van der Waals surface area contributed by atoms with E-state index in [-0.39, 0.29) is 17.5 Å². The summed E-state index contributed by atoms with van der Waals surface area (Å²) in [6.07, 6.45) is 0. The van der Waals surface area contributed by atoms with Gasteiger partial charge in [-0.2, -0.15) is 0 Å². The van der Waals surface area contributed by atoms with Crippen LogP contribution >= 0.6 is 0 Å². The highest BCUT2D eigenvalue weighted by Crippen LogP contribution is 2.14. The standard InChI is InChI=1S/C13H18O2S/c1-9(2)13(14)8-16(15)12-6-5-10(3)11(4)7-12/h5-7,9H,8H2,1-4H3. The molecule has 0 amide bonds. The average Bonchev–Trinajstić information content (AvgIpc) is 2.21. The third-order valence-electron chi connectivity index (χ3n) is 2.66. The summed E-state index contributed by atoms with van der Waals surface area (Å²) in [5.74, 6) is 0.132. The van der Waals surface area contributed by atoms with E-state index in [4.69, 9.17) is 0 Å². The van der Waals surface area contributed by atoms with Crippen molar-refractivity contribution in [1.29, 1.82) is 0 Å². The molecule has 0 aliphatic rings. The minimum absolute atomic E-state index is 0.0458. The van der Waals surface area contributed by atoms with Crippen molar-refractivity contribution in [2.24, 2.45) is 5.92 Å². The molecule has 3 heteroatoms. The zero-order valence-corrected chi connectivity index (χ0v) is 11.1. The van der Waals surface area contributed by atoms with Gasteiger partial charge in [-0.3, -0.25) is 9.00 Å². The Morgan fingerprint density at radius 3 is 2.38 bits per heavy atom. The van der Waals surface area contributed by atoms with Gasteiger partial charge in [0, 0.05) is 10.8 Å². The summed E-state index contributed by atoms with van der Waals surface area (Å²) in [6.45, 7) is 7.67. The number of carbonyl (C=O) groups is 1. The van der Waals surface area contributed by atoms with Gasteiger partial charge >= 0.3 is 0 Å². The van der Waals surface area contributed by atoms with Crippen molar-refractivity contribution in [3.63, 3.8) is 0 Å². The SMILES string of the molecule is Cc1ccc(S(=O)CC(=O)C(C)C)cc1C. The van der Waals surface area contributed by atoms with Crippen molar-refractivity contribution in [1.82, 2.24) is 0 Å². The summed E-state index contributed by atoms with van der Waals surface area (Å²) >= 11 is 0. The lowest BCUT2D eigenvalue weighted by Crippen LogP contribution is -2.16. The third kappa shape index (κ3) is 3.27. The van der Waals surface area contributed by atoms with Crippen LogP contribution in [0, 0.1) is 19.8 Å². The Hall–Kier alpha value is -0.960. The summed E-state index contributed by atoms with van der Waals surface area (Å²) in [7, 11) is -1.20. The predicted octanol–water partition coefficient (Wildman–Crippen LogP) is 2.64. The average molecular weight is 238 g/mol. The molecule has 1 atom stereocenters. The quantitative estimate of drug-likeness (QED) is 0.808. The molecule has 0 aliphatic heterocycles. The van der Waals surface area contributed by atoms with Crippen molar-refractivity contribution in [3.8, 4) is 0 Å². The molecular formula is C13H18O2S. The van der Waals surface area contributed by atoms with Gasteiger partial charge in [-0.05, 0) is 37.1 Å². The molecule has 0 saturated carbocycles. The van der Waals surface area contributed by atoms with Crippen LogP contribution in [0.25, 0.3) is 0 Å². The van der Waals surface area contributed by atoms with Crippen molar-refractivity contribution >= 4 is 16.6 Å². The maximum atomic E-state index is 11.9. The van der Waals surface area contributed by atoms with Crippen LogP contribution in [-0.2, 0) is 15.6 Å². The van der Waals surface area contributed by atoms with Crippen LogP contribution < -0.4 is 0 Å². The molecule has 1 unspecified atom stereocenters. The van der Waals surface area contributed by atoms with E-state index in [1.54, 1.807) is 0 Å². The van der Waals surface area contributed by atoms with Gasteiger partial charge in [0.15, 0.2) is 0 Å². The van der Waals surface area contributed by atoms with Crippen molar-refractivity contribution < 1.29 is 9.00 Å². The summed E-state index contributed by atoms with van der Waals surface area (Å²) in [5, 5.41) is 0. The molecule has 0 aliphatic carbocycles. The molecule has 0 heterocycles. The van der Waals surface area contributed by atoms with Crippen LogP contribution in [0.2, 0.25) is 0 Å². The minimum atomic E-state index is -1.20. The van der Waals surface area contributed by atoms with Crippen molar-refractivity contribution in [2.75, 3.05) is 5.75 Å². The first-order chi connectivity index (χ1) is 7.41. The number of carbonyl (C=O) groups excluding carboxylic acids is 1. The van der Waals surface area contributed by atoms with Gasteiger partial charge < -0.3 is 0 Å². The molecule has 1 aromatic carbocycles. The summed E-state index contributed by atoms with van der Waals surface area (Å²) in [6, 6.07) is 5.69. The van der Waals surface area contributed by atoms with E-state index in [1.807, 2.05) is 45.9 Å². The normalized spacial score (nSPS) is 12.8. The Bertz CT molecular complexity index is 422. The first-order valence-electron chi connectivity index (χ1n) is 5.40. The van der Waals surface area contributed by atoms with Crippen LogP contribution in [0.5, 0.6) is 0 Å². The van der Waals surface area contributed by atoms with Crippen LogP contribution in [-0.4, -0.2) is 15.7 Å². The van der Waals surface area contributed by atoms with Crippen molar-refractivity contribution in [2.45, 2.75) is 32.6 Å². The maximum absolute atomic E-state index is 11.9. The lowest BCUT2D eigenvalue weighted by Gasteiger charge is -2.06. The Kier molecular flexibility index (Phi) is 4.42. The molecule has 0 fully saturated rings. The first-order valence-corrected chi connectivity index (χ1v) is 6.72. The number of hydrogen-bond acceptors (Lipinski definition) is 2. The Morgan fingerprint density at radius 2 is 1.88 bits per heavy atom. The number of Topliss-reactive ketones (excluding diaryl/α,β-unsaturated/α-hetero) is 1. The third-order valence-corrected chi connectivity index (χ3v) is 3.98. The van der Waals surface area contributed by atoms with E-state index in [1.165, 1.54) is 5.56 Å². The highest BCUT2D eigenvalue weighted by atomic mass is 32.2. The topological polar surface area (TPSA) is 34.1 Å². The fourth-order valence-electron chi connectivity index (χ4n) is 1.23. The van der Waals surface area contributed by atoms with Crippen LogP contribution in [0.4, 0.5) is 0 Å². The summed E-state index contributed by atoms with van der Waals surface area (Å²) < 4.78 is 11.9. The highest BCUT2D eigenvalue weighted by Gasteiger charge is 2.13. The molecule has 0 N–H and O–H groups in total. The molecule has 16 heavy (non-hydrogen) atoms. The van der Waals surface area contributed by atoms with E-state index in [0.717, 1.165) is 10.5 Å². The molecule has 0 radical (unpaired) electrons. The van der Waals surface area contributed by atoms with Crippen LogP contribution in [0.3, 0.4) is 0 Å². The maximum Gasteiger partial charge on any atom is 0.148 e. The molecule has 1 aromatic rings. The summed E-state index contributed by atoms with van der Waals surface area (Å²) in [5.41, 5.74) is 2.29. The second-order valence-electron chi connectivity index (χ2n) is 4.36. The molecule has 0 aromatic heterocycles. The molecule has 2 nitrogen and oxygen atoms in total. The molecule has 0 bridgehead atoms. The van der Waals surface area contributed by atoms with Gasteiger partial charge in [0.05, 0.1) is 16.6 Å². The second-order valence-corrected chi connectivity index (χ2v) is 5.81. The zero-order valence-electron chi connectivity index (χ0n) is 10.2. The number of hydrogen-bond donors (Lipinski definition) is 0. The van der Waals surface area contributed by atoms with Crippen molar-refractivity contribution in [3.05, 3.63) is 29.3 Å². The zero-order chi connectivity index (χ0) is 12.3. The van der Waals surface area contributed by atoms with Gasteiger partial charge in [0.1, 0.15) is 5.78 Å². The molecular weight excluding hydrogens is 220 g/mol. The van der Waals surface area contributed by atoms with Gasteiger partial charge in [-0.25, -0.2) is 0 Å². The van der Waals surface area contributed by atoms with Gasteiger partial charge in [-0.15, -0.1) is 0 Å². The van der Waals surface area contributed by atoms with E-state index in [0.29, 0.717) is 0 Å². The smallest absolute Gasteiger partial charge is 0.148 e. The van der Waals surface area contributed by atoms with Crippen LogP contribution in [0.15, 0.2) is 23.1 Å². The number of aryl methyl sites for hydroxylation is 2. The Morgan fingerprint density at radius 1 is 1.25 bits per heavy atom. The van der Waals surface area contributed by atoms with Gasteiger partial charge in [0.25, 0.3) is 0 Å². The number of benzene rings is 1. The highest BCUT2D eigenvalue weighted by molar-refractivity contribution is 7.85. The van der Waals surface area contributed by atoms with Gasteiger partial charge in [0.2, 0.25) is 0 Å². The monoisotopic (exact) mass is 238 g/mol. The van der Waals surface area contributed by atoms with E-state index in [9.17, 15) is 9.00 Å². The molecule has 0 spiro atoms. The lowest BCUT2D eigenvalue weighted by atomic mass is 10.1. The number of rotatable bonds is 4. The fraction of sp³-hybridized carbons (Fsp3) is 0.462. The van der Waals surface area contributed by atoms with Gasteiger partial charge in [-0.1, -0.05) is 19.9 Å². The van der Waals surface area contributed by atoms with E-state index in [2.05, 4.69) is 0 Å². The first kappa shape index (κ1) is 13.1. The molecule has 1 rings (SSSR count). The largest absolute Gasteiger partial charge is 0.298 e. The Labute approximate surface area is 99.5 Å². The predicted molar refractivity (Wildman–Crippen MR) is 67.0 cm³/mol. The minimum Gasteiger partial charge on any atom is -0.298 e. The number of ketones is 1. The molecule has 0 saturated heterocycles. The molecule has 88 valence electrons. The van der Waals surface area contributed by atoms with Crippen LogP contribution in [0.1, 0.15) is 25.0 Å². The van der Waals surface area contributed by atoms with E-state index < -0.39 is 10.8 Å².